The van der Waals surface area contributed by atoms with Crippen LogP contribution in [0, 0.1) is 26.7 Å². The minimum Gasteiger partial charge on any atom is -0.294 e. The Balaban J connectivity index is 2.01. The van der Waals surface area contributed by atoms with Crippen LogP contribution in [0.4, 0.5) is 0 Å². The Hall–Kier alpha value is -1.11. The van der Waals surface area contributed by atoms with Crippen LogP contribution in [0.1, 0.15) is 65.6 Å². The fourth-order valence-electron chi connectivity index (χ4n) is 3.03. The maximum absolute atomic E-state index is 12.3. The SMILES string of the molecule is Cc1cc(C)c(C(=O)CCC2CCCC2)cc1C. The Labute approximate surface area is 111 Å². The molecule has 1 aliphatic carbocycles. The molecule has 0 unspecified atom stereocenters. The van der Waals surface area contributed by atoms with Gasteiger partial charge < -0.3 is 0 Å². The average Bonchev–Trinajstić information content (AvgIpc) is 2.84. The molecular weight excluding hydrogens is 220 g/mol. The lowest BCUT2D eigenvalue weighted by atomic mass is 9.93. The Morgan fingerprint density at radius 1 is 1.06 bits per heavy atom. The molecule has 1 fully saturated rings. The number of ketones is 1. The summed E-state index contributed by atoms with van der Waals surface area (Å²) in [5.74, 6) is 1.14. The van der Waals surface area contributed by atoms with Crippen LogP contribution >= 0.6 is 0 Å². The standard InChI is InChI=1S/C17H24O/c1-12-10-14(3)16(11-13(12)2)17(18)9-8-15-6-4-5-7-15/h10-11,15H,4-9H2,1-3H3. The third-order valence-corrected chi connectivity index (χ3v) is 4.40. The summed E-state index contributed by atoms with van der Waals surface area (Å²) in [5, 5.41) is 0. The molecule has 0 bridgehead atoms. The van der Waals surface area contributed by atoms with E-state index < -0.39 is 0 Å². The van der Waals surface area contributed by atoms with E-state index in [1.807, 2.05) is 0 Å². The molecule has 1 nitrogen and oxygen atoms in total. The van der Waals surface area contributed by atoms with E-state index in [1.165, 1.54) is 36.8 Å². The third kappa shape index (κ3) is 3.01. The molecule has 0 heterocycles. The van der Waals surface area contributed by atoms with Gasteiger partial charge in [0.15, 0.2) is 5.78 Å². The lowest BCUT2D eigenvalue weighted by Crippen LogP contribution is -2.06. The first-order chi connectivity index (χ1) is 8.58. The van der Waals surface area contributed by atoms with Crippen LogP contribution < -0.4 is 0 Å². The second kappa shape index (κ2) is 5.69. The highest BCUT2D eigenvalue weighted by atomic mass is 16.1. The smallest absolute Gasteiger partial charge is 0.163 e. The first kappa shape index (κ1) is 13.3. The Bertz CT molecular complexity index is 439. The Kier molecular flexibility index (Phi) is 4.21. The predicted molar refractivity (Wildman–Crippen MR) is 76.2 cm³/mol. The highest BCUT2D eigenvalue weighted by Gasteiger charge is 2.17. The van der Waals surface area contributed by atoms with Gasteiger partial charge in [0.1, 0.15) is 0 Å². The van der Waals surface area contributed by atoms with Crippen molar-refractivity contribution in [1.29, 1.82) is 0 Å². The van der Waals surface area contributed by atoms with Crippen LogP contribution in [0.3, 0.4) is 0 Å². The van der Waals surface area contributed by atoms with Crippen LogP contribution in [-0.2, 0) is 0 Å². The number of carbonyl (C=O) groups excluding carboxylic acids is 1. The molecule has 0 spiro atoms. The second-order valence-corrected chi connectivity index (χ2v) is 5.86. The van der Waals surface area contributed by atoms with Gasteiger partial charge >= 0.3 is 0 Å². The summed E-state index contributed by atoms with van der Waals surface area (Å²) in [7, 11) is 0. The van der Waals surface area contributed by atoms with E-state index >= 15 is 0 Å². The summed E-state index contributed by atoms with van der Waals surface area (Å²) in [6.45, 7) is 6.24. The van der Waals surface area contributed by atoms with Crippen LogP contribution in [0.5, 0.6) is 0 Å². The molecule has 1 aliphatic rings. The van der Waals surface area contributed by atoms with E-state index in [0.29, 0.717) is 5.78 Å². The third-order valence-electron chi connectivity index (χ3n) is 4.40. The van der Waals surface area contributed by atoms with Gasteiger partial charge in [-0.2, -0.15) is 0 Å². The highest BCUT2D eigenvalue weighted by Crippen LogP contribution is 2.29. The maximum atomic E-state index is 12.3. The summed E-state index contributed by atoms with van der Waals surface area (Å²) < 4.78 is 0. The minimum absolute atomic E-state index is 0.336. The summed E-state index contributed by atoms with van der Waals surface area (Å²) in [4.78, 5) is 12.3. The fraction of sp³-hybridized carbons (Fsp3) is 0.588. The van der Waals surface area contributed by atoms with E-state index in [0.717, 1.165) is 29.9 Å². The zero-order valence-electron chi connectivity index (χ0n) is 11.9. The number of carbonyl (C=O) groups is 1. The molecule has 0 radical (unpaired) electrons. The Morgan fingerprint density at radius 2 is 1.67 bits per heavy atom. The molecular formula is C17H24O. The average molecular weight is 244 g/mol. The van der Waals surface area contributed by atoms with Crippen molar-refractivity contribution >= 4 is 5.78 Å². The van der Waals surface area contributed by atoms with Crippen LogP contribution in [0.15, 0.2) is 12.1 Å². The summed E-state index contributed by atoms with van der Waals surface area (Å²) in [6, 6.07) is 4.21. The van der Waals surface area contributed by atoms with Crippen molar-refractivity contribution in [1.82, 2.24) is 0 Å². The molecule has 98 valence electrons. The molecule has 0 amide bonds. The van der Waals surface area contributed by atoms with Crippen molar-refractivity contribution in [3.63, 3.8) is 0 Å². The number of hydrogen-bond acceptors (Lipinski definition) is 1. The topological polar surface area (TPSA) is 17.1 Å². The largest absolute Gasteiger partial charge is 0.294 e. The molecule has 0 aliphatic heterocycles. The fourth-order valence-corrected chi connectivity index (χ4v) is 3.03. The monoisotopic (exact) mass is 244 g/mol. The van der Waals surface area contributed by atoms with Gasteiger partial charge in [0.2, 0.25) is 0 Å². The number of benzene rings is 1. The summed E-state index contributed by atoms with van der Waals surface area (Å²) in [6.07, 6.45) is 7.21. The van der Waals surface area contributed by atoms with Crippen molar-refractivity contribution in [2.45, 2.75) is 59.3 Å². The van der Waals surface area contributed by atoms with E-state index in [-0.39, 0.29) is 0 Å². The number of aryl methyl sites for hydroxylation is 3. The quantitative estimate of drug-likeness (QED) is 0.697. The molecule has 0 atom stereocenters. The van der Waals surface area contributed by atoms with Gasteiger partial charge in [-0.25, -0.2) is 0 Å². The highest BCUT2D eigenvalue weighted by molar-refractivity contribution is 5.97. The molecule has 0 saturated heterocycles. The van der Waals surface area contributed by atoms with Crippen molar-refractivity contribution in [3.8, 4) is 0 Å². The molecule has 2 rings (SSSR count). The molecule has 0 aromatic heterocycles. The zero-order chi connectivity index (χ0) is 13.1. The summed E-state index contributed by atoms with van der Waals surface area (Å²) >= 11 is 0. The zero-order valence-corrected chi connectivity index (χ0v) is 11.9. The maximum Gasteiger partial charge on any atom is 0.163 e. The Morgan fingerprint density at radius 3 is 2.33 bits per heavy atom. The van der Waals surface area contributed by atoms with Crippen molar-refractivity contribution in [2.24, 2.45) is 5.92 Å². The van der Waals surface area contributed by atoms with Gasteiger partial charge in [0.05, 0.1) is 0 Å². The van der Waals surface area contributed by atoms with Crippen molar-refractivity contribution in [2.75, 3.05) is 0 Å². The molecule has 18 heavy (non-hydrogen) atoms. The van der Waals surface area contributed by atoms with E-state index in [4.69, 9.17) is 0 Å². The number of rotatable bonds is 4. The van der Waals surface area contributed by atoms with Crippen LogP contribution in [0.2, 0.25) is 0 Å². The van der Waals surface area contributed by atoms with Gasteiger partial charge in [-0.05, 0) is 55.9 Å². The molecule has 1 aromatic carbocycles. The molecule has 1 aromatic rings. The lowest BCUT2D eigenvalue weighted by Gasteiger charge is -2.11. The normalized spacial score (nSPS) is 16.2. The number of Topliss-reactive ketones (excluding diaryl/α,β-unsaturated/α-hetero) is 1. The number of hydrogen-bond donors (Lipinski definition) is 0. The van der Waals surface area contributed by atoms with Gasteiger partial charge in [-0.15, -0.1) is 0 Å². The minimum atomic E-state index is 0.336. The van der Waals surface area contributed by atoms with E-state index in [1.54, 1.807) is 0 Å². The van der Waals surface area contributed by atoms with E-state index in [9.17, 15) is 4.79 Å². The van der Waals surface area contributed by atoms with Crippen molar-refractivity contribution in [3.05, 3.63) is 34.4 Å². The van der Waals surface area contributed by atoms with Crippen LogP contribution in [0.25, 0.3) is 0 Å². The van der Waals surface area contributed by atoms with Gasteiger partial charge in [-0.1, -0.05) is 31.7 Å². The van der Waals surface area contributed by atoms with E-state index in [2.05, 4.69) is 32.9 Å². The molecule has 1 saturated carbocycles. The van der Waals surface area contributed by atoms with Gasteiger partial charge in [-0.3, -0.25) is 4.79 Å². The second-order valence-electron chi connectivity index (χ2n) is 5.86. The molecule has 0 N–H and O–H groups in total. The summed E-state index contributed by atoms with van der Waals surface area (Å²) in [5.41, 5.74) is 4.58. The molecule has 1 heteroatoms. The predicted octanol–water partition coefficient (Wildman–Crippen LogP) is 4.76. The first-order valence-electron chi connectivity index (χ1n) is 7.19. The van der Waals surface area contributed by atoms with Gasteiger partial charge in [0.25, 0.3) is 0 Å². The first-order valence-corrected chi connectivity index (χ1v) is 7.19. The lowest BCUT2D eigenvalue weighted by molar-refractivity contribution is 0.0973. The van der Waals surface area contributed by atoms with Gasteiger partial charge in [0, 0.05) is 12.0 Å². The van der Waals surface area contributed by atoms with Crippen LogP contribution in [-0.4, -0.2) is 5.78 Å². The van der Waals surface area contributed by atoms with Crippen molar-refractivity contribution < 1.29 is 4.79 Å².